The number of hydrogen-bond donors (Lipinski definition) is 1. The summed E-state index contributed by atoms with van der Waals surface area (Å²) in [6, 6.07) is 14.4. The van der Waals surface area contributed by atoms with Gasteiger partial charge in [-0.05, 0) is 48.9 Å². The maximum absolute atomic E-state index is 12.9. The topological polar surface area (TPSA) is 72.5 Å². The van der Waals surface area contributed by atoms with Crippen molar-refractivity contribution in [2.75, 3.05) is 24.5 Å². The van der Waals surface area contributed by atoms with Gasteiger partial charge in [0.2, 0.25) is 5.91 Å². The van der Waals surface area contributed by atoms with Gasteiger partial charge >= 0.3 is 29.6 Å². The molecule has 1 atom stereocenters. The number of aromatic carboxylic acids is 1. The summed E-state index contributed by atoms with van der Waals surface area (Å²) in [5, 5.41) is 14.0. The van der Waals surface area contributed by atoms with E-state index in [4.69, 9.17) is 0 Å². The number of nitrogens with zero attached hydrogens (tertiary/aromatic N) is 1. The molecule has 1 saturated heterocycles. The second-order valence-electron chi connectivity index (χ2n) is 6.84. The number of benzene rings is 2. The first-order valence-corrected chi connectivity index (χ1v) is 9.54. The molecule has 1 unspecified atom stereocenters. The van der Waals surface area contributed by atoms with E-state index in [-0.39, 0.29) is 41.0 Å². The summed E-state index contributed by atoms with van der Waals surface area (Å²) in [6.07, 6.45) is 3.55. The zero-order chi connectivity index (χ0) is 19.2. The molecule has 2 aromatic carbocycles. The van der Waals surface area contributed by atoms with Gasteiger partial charge in [0.25, 0.3) is 0 Å². The summed E-state index contributed by atoms with van der Waals surface area (Å²) in [5.41, 5.74) is 2.91. The quantitative estimate of drug-likeness (QED) is 0.665. The third-order valence-electron chi connectivity index (χ3n) is 5.04. The molecule has 1 fully saturated rings. The largest absolute Gasteiger partial charge is 1.00 e. The SMILES string of the molecule is CCNC(=O)C(c1ccc(C(=O)[O-])cc1)c1ccccc1N1CCCCC1.[Na+]. The van der Waals surface area contributed by atoms with Crippen LogP contribution in [0.2, 0.25) is 0 Å². The van der Waals surface area contributed by atoms with Gasteiger partial charge in [-0.3, -0.25) is 4.79 Å². The Balaban J connectivity index is 0.00000280. The van der Waals surface area contributed by atoms with Crippen LogP contribution in [0.25, 0.3) is 0 Å². The summed E-state index contributed by atoms with van der Waals surface area (Å²) >= 11 is 0. The molecule has 1 amide bonds. The Morgan fingerprint density at radius 1 is 1.04 bits per heavy atom. The van der Waals surface area contributed by atoms with E-state index in [0.29, 0.717) is 6.54 Å². The van der Waals surface area contributed by atoms with Crippen LogP contribution in [0.3, 0.4) is 0 Å². The summed E-state index contributed by atoms with van der Waals surface area (Å²) in [5.74, 6) is -1.79. The first-order valence-electron chi connectivity index (χ1n) is 9.54. The predicted octanol–water partition coefficient (Wildman–Crippen LogP) is -0.688. The van der Waals surface area contributed by atoms with Crippen molar-refractivity contribution in [3.05, 3.63) is 65.2 Å². The molecule has 5 nitrogen and oxygen atoms in total. The van der Waals surface area contributed by atoms with Crippen molar-refractivity contribution < 1.29 is 44.3 Å². The number of piperidine rings is 1. The number of carboxylic acid groups (broad SMARTS) is 1. The molecule has 0 spiro atoms. The summed E-state index contributed by atoms with van der Waals surface area (Å²) in [4.78, 5) is 26.3. The third-order valence-corrected chi connectivity index (χ3v) is 5.04. The molecule has 1 aliphatic heterocycles. The van der Waals surface area contributed by atoms with Crippen molar-refractivity contribution in [2.24, 2.45) is 0 Å². The van der Waals surface area contributed by atoms with Crippen molar-refractivity contribution in [1.29, 1.82) is 0 Å². The molecule has 0 bridgehead atoms. The number of hydrogen-bond acceptors (Lipinski definition) is 4. The minimum Gasteiger partial charge on any atom is -0.545 e. The van der Waals surface area contributed by atoms with E-state index in [1.165, 1.54) is 18.6 Å². The number of nitrogens with one attached hydrogen (secondary N) is 1. The molecule has 1 aliphatic rings. The molecule has 6 heteroatoms. The molecule has 2 aromatic rings. The second kappa shape index (κ2) is 10.6. The van der Waals surface area contributed by atoms with Gasteiger partial charge < -0.3 is 20.1 Å². The van der Waals surface area contributed by atoms with Crippen LogP contribution in [0.15, 0.2) is 48.5 Å². The van der Waals surface area contributed by atoms with Crippen molar-refractivity contribution >= 4 is 17.6 Å². The van der Waals surface area contributed by atoms with E-state index in [2.05, 4.69) is 16.3 Å². The molecule has 28 heavy (non-hydrogen) atoms. The molecule has 1 heterocycles. The molecule has 3 rings (SSSR count). The fourth-order valence-corrected chi connectivity index (χ4v) is 3.71. The second-order valence-corrected chi connectivity index (χ2v) is 6.84. The van der Waals surface area contributed by atoms with Crippen LogP contribution in [-0.2, 0) is 4.79 Å². The molecule has 0 aliphatic carbocycles. The Morgan fingerprint density at radius 3 is 2.29 bits per heavy atom. The van der Waals surface area contributed by atoms with Crippen LogP contribution < -0.4 is 44.9 Å². The number of amides is 1. The van der Waals surface area contributed by atoms with E-state index in [9.17, 15) is 14.7 Å². The molecule has 0 radical (unpaired) electrons. The number of carbonyl (C=O) groups excluding carboxylic acids is 2. The van der Waals surface area contributed by atoms with Crippen LogP contribution >= 0.6 is 0 Å². The Hall–Kier alpha value is -1.82. The van der Waals surface area contributed by atoms with E-state index in [1.54, 1.807) is 12.1 Å². The fourth-order valence-electron chi connectivity index (χ4n) is 3.71. The van der Waals surface area contributed by atoms with Gasteiger partial charge in [0.1, 0.15) is 0 Å². The predicted molar refractivity (Wildman–Crippen MR) is 104 cm³/mol. The normalized spacial score (nSPS) is 14.7. The number of para-hydroxylation sites is 1. The van der Waals surface area contributed by atoms with Crippen LogP contribution in [0.5, 0.6) is 0 Å². The van der Waals surface area contributed by atoms with Crippen LogP contribution in [0.1, 0.15) is 53.6 Å². The zero-order valence-electron chi connectivity index (χ0n) is 16.6. The number of anilines is 1. The Morgan fingerprint density at radius 2 is 1.68 bits per heavy atom. The van der Waals surface area contributed by atoms with Gasteiger partial charge in [0.15, 0.2) is 0 Å². The van der Waals surface area contributed by atoms with Gasteiger partial charge in [-0.1, -0.05) is 42.5 Å². The smallest absolute Gasteiger partial charge is 0.545 e. The van der Waals surface area contributed by atoms with Gasteiger partial charge in [-0.15, -0.1) is 0 Å². The van der Waals surface area contributed by atoms with E-state index >= 15 is 0 Å². The maximum Gasteiger partial charge on any atom is 1.00 e. The maximum atomic E-state index is 12.9. The Labute approximate surface area is 188 Å². The Bertz CT molecular complexity index is 802. The number of carbonyl (C=O) groups is 2. The zero-order valence-corrected chi connectivity index (χ0v) is 18.6. The minimum atomic E-state index is -1.22. The van der Waals surface area contributed by atoms with Gasteiger partial charge in [0.05, 0.1) is 11.9 Å². The van der Waals surface area contributed by atoms with Crippen molar-refractivity contribution in [3.63, 3.8) is 0 Å². The fraction of sp³-hybridized carbons (Fsp3) is 0.364. The molecule has 142 valence electrons. The molecular formula is C22H25N2NaO3. The van der Waals surface area contributed by atoms with Crippen molar-refractivity contribution in [1.82, 2.24) is 5.32 Å². The summed E-state index contributed by atoms with van der Waals surface area (Å²) in [6.45, 7) is 4.41. The molecule has 0 aromatic heterocycles. The van der Waals surface area contributed by atoms with Gasteiger partial charge in [-0.25, -0.2) is 0 Å². The van der Waals surface area contributed by atoms with Gasteiger partial charge in [-0.2, -0.15) is 0 Å². The first-order chi connectivity index (χ1) is 13.1. The average molecular weight is 388 g/mol. The van der Waals surface area contributed by atoms with E-state index in [1.807, 2.05) is 25.1 Å². The van der Waals surface area contributed by atoms with Gasteiger partial charge in [0, 0.05) is 25.3 Å². The van der Waals surface area contributed by atoms with Crippen LogP contribution in [0.4, 0.5) is 5.69 Å². The third kappa shape index (κ3) is 5.16. The van der Waals surface area contributed by atoms with Crippen LogP contribution in [-0.4, -0.2) is 31.5 Å². The van der Waals surface area contributed by atoms with E-state index < -0.39 is 11.9 Å². The number of likely N-dealkylation sites (N-methyl/N-ethyl adjacent to an activating group) is 1. The molecular weight excluding hydrogens is 363 g/mol. The minimum absolute atomic E-state index is 0. The number of rotatable bonds is 6. The number of carboxylic acids is 1. The van der Waals surface area contributed by atoms with Crippen molar-refractivity contribution in [3.8, 4) is 0 Å². The monoisotopic (exact) mass is 388 g/mol. The van der Waals surface area contributed by atoms with Crippen LogP contribution in [0, 0.1) is 0 Å². The first kappa shape index (κ1) is 22.5. The summed E-state index contributed by atoms with van der Waals surface area (Å²) in [7, 11) is 0. The summed E-state index contributed by atoms with van der Waals surface area (Å²) < 4.78 is 0. The molecule has 0 saturated carbocycles. The van der Waals surface area contributed by atoms with E-state index in [0.717, 1.165) is 42.7 Å². The van der Waals surface area contributed by atoms with Crippen molar-refractivity contribution in [2.45, 2.75) is 32.1 Å². The average Bonchev–Trinajstić information content (AvgIpc) is 2.70. The standard InChI is InChI=1S/C22H26N2O3.Na/c1-2-23-21(25)20(16-10-12-17(13-11-16)22(26)27)18-8-4-5-9-19(18)24-14-6-3-7-15-24;/h4-5,8-13,20H,2-3,6-7,14-15H2,1H3,(H,23,25)(H,26,27);/q;+1/p-1. The molecule has 1 N–H and O–H groups in total. The Kier molecular flexibility index (Phi) is 8.55.